The highest BCUT2D eigenvalue weighted by atomic mass is 16.4. The maximum absolute atomic E-state index is 11.7. The summed E-state index contributed by atoms with van der Waals surface area (Å²) in [4.78, 5) is 16.6. The van der Waals surface area contributed by atoms with Gasteiger partial charge in [0.1, 0.15) is 5.54 Å². The molecule has 0 aromatic rings. The van der Waals surface area contributed by atoms with Crippen LogP contribution in [0, 0.1) is 0 Å². The molecule has 2 rings (SSSR count). The summed E-state index contributed by atoms with van der Waals surface area (Å²) in [6.07, 6.45) is 4.61. The number of carboxylic acid groups (broad SMARTS) is 1. The third-order valence-corrected chi connectivity index (χ3v) is 5.19. The molecule has 0 amide bonds. The lowest BCUT2D eigenvalue weighted by Crippen LogP contribution is -2.53. The zero-order valence-corrected chi connectivity index (χ0v) is 13.8. The van der Waals surface area contributed by atoms with Crippen LogP contribution in [0.5, 0.6) is 0 Å². The highest BCUT2D eigenvalue weighted by Gasteiger charge is 2.40. The first-order valence-corrected chi connectivity index (χ1v) is 8.40. The fourth-order valence-electron chi connectivity index (χ4n) is 3.22. The van der Waals surface area contributed by atoms with E-state index in [9.17, 15) is 9.90 Å². The van der Waals surface area contributed by atoms with Crippen molar-refractivity contribution >= 4 is 5.97 Å². The molecule has 0 spiro atoms. The van der Waals surface area contributed by atoms with Crippen LogP contribution in [0.4, 0.5) is 0 Å². The Morgan fingerprint density at radius 2 is 2.10 bits per heavy atom. The smallest absolute Gasteiger partial charge is 0.323 e. The molecule has 5 nitrogen and oxygen atoms in total. The van der Waals surface area contributed by atoms with Crippen LogP contribution in [0.25, 0.3) is 0 Å². The number of likely N-dealkylation sites (N-methyl/N-ethyl adjacent to an activating group) is 1. The van der Waals surface area contributed by atoms with Gasteiger partial charge in [-0.05, 0) is 52.6 Å². The Balaban J connectivity index is 1.80. The minimum absolute atomic E-state index is 0.435. The molecule has 0 bridgehead atoms. The molecular formula is C16H31N3O2. The predicted octanol–water partition coefficient (Wildman–Crippen LogP) is 1.39. The Morgan fingerprint density at radius 1 is 1.38 bits per heavy atom. The zero-order chi connectivity index (χ0) is 15.5. The number of piperazine rings is 1. The summed E-state index contributed by atoms with van der Waals surface area (Å²) < 4.78 is 0. The maximum atomic E-state index is 11.7. The third-order valence-electron chi connectivity index (χ3n) is 5.19. The molecule has 2 atom stereocenters. The SMILES string of the molecule is CCC(CCCN1CCN(C)C(C)C1)(NC1CC1)C(=O)O. The molecular weight excluding hydrogens is 266 g/mol. The van der Waals surface area contributed by atoms with Gasteiger partial charge in [-0.15, -0.1) is 0 Å². The summed E-state index contributed by atoms with van der Waals surface area (Å²) in [5.41, 5.74) is -0.709. The molecule has 2 unspecified atom stereocenters. The minimum Gasteiger partial charge on any atom is -0.480 e. The number of carbonyl (C=O) groups is 1. The highest BCUT2D eigenvalue weighted by Crippen LogP contribution is 2.27. The number of aliphatic carboxylic acids is 1. The number of rotatable bonds is 8. The molecule has 2 aliphatic rings. The van der Waals surface area contributed by atoms with Crippen LogP contribution in [-0.4, -0.2) is 71.7 Å². The van der Waals surface area contributed by atoms with Gasteiger partial charge in [0.15, 0.2) is 0 Å². The van der Waals surface area contributed by atoms with Crippen molar-refractivity contribution in [1.82, 2.24) is 15.1 Å². The van der Waals surface area contributed by atoms with E-state index in [1.165, 1.54) is 0 Å². The van der Waals surface area contributed by atoms with E-state index in [0.717, 1.165) is 51.9 Å². The van der Waals surface area contributed by atoms with E-state index in [1.54, 1.807) is 0 Å². The molecule has 1 aliphatic heterocycles. The Bertz CT molecular complexity index is 359. The molecule has 2 fully saturated rings. The number of hydrogen-bond donors (Lipinski definition) is 2. The second kappa shape index (κ2) is 7.07. The fraction of sp³-hybridized carbons (Fsp3) is 0.938. The van der Waals surface area contributed by atoms with Gasteiger partial charge in [-0.2, -0.15) is 0 Å². The number of hydrogen-bond acceptors (Lipinski definition) is 4. The topological polar surface area (TPSA) is 55.8 Å². The molecule has 1 heterocycles. The van der Waals surface area contributed by atoms with E-state index in [4.69, 9.17) is 0 Å². The van der Waals surface area contributed by atoms with E-state index in [-0.39, 0.29) is 0 Å². The molecule has 21 heavy (non-hydrogen) atoms. The summed E-state index contributed by atoms with van der Waals surface area (Å²) in [7, 11) is 2.17. The predicted molar refractivity (Wildman–Crippen MR) is 84.6 cm³/mol. The van der Waals surface area contributed by atoms with Gasteiger partial charge in [0.2, 0.25) is 0 Å². The largest absolute Gasteiger partial charge is 0.480 e. The normalized spacial score (nSPS) is 27.5. The van der Waals surface area contributed by atoms with E-state index in [0.29, 0.717) is 18.5 Å². The second-order valence-electron chi connectivity index (χ2n) is 6.89. The van der Waals surface area contributed by atoms with Crippen LogP contribution < -0.4 is 5.32 Å². The van der Waals surface area contributed by atoms with E-state index in [2.05, 4.69) is 29.1 Å². The van der Waals surface area contributed by atoms with E-state index in [1.807, 2.05) is 6.92 Å². The first kappa shape index (κ1) is 16.7. The standard InChI is InChI=1S/C16H31N3O2/c1-4-16(15(20)21,17-14-6-7-14)8-5-9-19-11-10-18(3)13(2)12-19/h13-14,17H,4-12H2,1-3H3,(H,20,21). The quantitative estimate of drug-likeness (QED) is 0.709. The van der Waals surface area contributed by atoms with Gasteiger partial charge in [0.25, 0.3) is 0 Å². The average Bonchev–Trinajstić information content (AvgIpc) is 3.25. The van der Waals surface area contributed by atoms with Crippen molar-refractivity contribution in [2.45, 2.75) is 63.6 Å². The summed E-state index contributed by atoms with van der Waals surface area (Å²) in [6, 6.07) is 1.03. The second-order valence-corrected chi connectivity index (χ2v) is 6.89. The molecule has 0 aromatic heterocycles. The van der Waals surface area contributed by atoms with Gasteiger partial charge in [-0.25, -0.2) is 0 Å². The first-order chi connectivity index (χ1) is 9.97. The maximum Gasteiger partial charge on any atom is 0.323 e. The number of nitrogens with zero attached hydrogens (tertiary/aromatic N) is 2. The molecule has 1 saturated carbocycles. The lowest BCUT2D eigenvalue weighted by molar-refractivity contribution is -0.145. The molecule has 122 valence electrons. The van der Waals surface area contributed by atoms with Gasteiger partial charge in [-0.1, -0.05) is 6.92 Å². The van der Waals surface area contributed by atoms with Crippen LogP contribution in [-0.2, 0) is 4.79 Å². The molecule has 2 N–H and O–H groups in total. The van der Waals surface area contributed by atoms with E-state index >= 15 is 0 Å². The van der Waals surface area contributed by atoms with Crippen molar-refractivity contribution in [1.29, 1.82) is 0 Å². The Labute approximate surface area is 128 Å². The molecule has 5 heteroatoms. The summed E-state index contributed by atoms with van der Waals surface area (Å²) in [6.45, 7) is 8.57. The van der Waals surface area contributed by atoms with Crippen molar-refractivity contribution in [3.8, 4) is 0 Å². The third kappa shape index (κ3) is 4.41. The van der Waals surface area contributed by atoms with Crippen molar-refractivity contribution < 1.29 is 9.90 Å². The van der Waals surface area contributed by atoms with Crippen LogP contribution in [0.1, 0.15) is 46.0 Å². The monoisotopic (exact) mass is 297 g/mol. The van der Waals surface area contributed by atoms with Gasteiger partial charge >= 0.3 is 5.97 Å². The van der Waals surface area contributed by atoms with Crippen molar-refractivity contribution in [2.24, 2.45) is 0 Å². The number of carboxylic acids is 1. The van der Waals surface area contributed by atoms with Crippen LogP contribution in [0.15, 0.2) is 0 Å². The van der Waals surface area contributed by atoms with Gasteiger partial charge < -0.3 is 14.9 Å². The van der Waals surface area contributed by atoms with Crippen LogP contribution in [0.3, 0.4) is 0 Å². The molecule has 1 aliphatic carbocycles. The average molecular weight is 297 g/mol. The zero-order valence-electron chi connectivity index (χ0n) is 13.8. The molecule has 0 aromatic carbocycles. The van der Waals surface area contributed by atoms with Crippen LogP contribution in [0.2, 0.25) is 0 Å². The summed E-state index contributed by atoms with van der Waals surface area (Å²) in [5.74, 6) is -0.677. The van der Waals surface area contributed by atoms with Crippen molar-refractivity contribution in [3.05, 3.63) is 0 Å². The van der Waals surface area contributed by atoms with Crippen molar-refractivity contribution in [2.75, 3.05) is 33.2 Å². The van der Waals surface area contributed by atoms with Gasteiger partial charge in [0, 0.05) is 31.7 Å². The number of nitrogens with one attached hydrogen (secondary N) is 1. The molecule has 0 radical (unpaired) electrons. The first-order valence-electron chi connectivity index (χ1n) is 8.40. The van der Waals surface area contributed by atoms with Gasteiger partial charge in [-0.3, -0.25) is 10.1 Å². The lowest BCUT2D eigenvalue weighted by atomic mass is 9.90. The van der Waals surface area contributed by atoms with Crippen LogP contribution >= 0.6 is 0 Å². The lowest BCUT2D eigenvalue weighted by Gasteiger charge is -2.38. The van der Waals surface area contributed by atoms with Crippen molar-refractivity contribution in [3.63, 3.8) is 0 Å². The minimum atomic E-state index is -0.709. The Kier molecular flexibility index (Phi) is 5.63. The Hall–Kier alpha value is -0.650. The summed E-state index contributed by atoms with van der Waals surface area (Å²) in [5, 5.41) is 13.0. The van der Waals surface area contributed by atoms with E-state index < -0.39 is 11.5 Å². The molecule has 1 saturated heterocycles. The highest BCUT2D eigenvalue weighted by molar-refractivity contribution is 5.78. The fourth-order valence-corrected chi connectivity index (χ4v) is 3.22. The summed E-state index contributed by atoms with van der Waals surface area (Å²) >= 11 is 0. The van der Waals surface area contributed by atoms with Gasteiger partial charge in [0.05, 0.1) is 0 Å². The Morgan fingerprint density at radius 3 is 2.62 bits per heavy atom.